The minimum Gasteiger partial charge on any atom is -0.254 e. The Morgan fingerprint density at radius 1 is 1.12 bits per heavy atom. The van der Waals surface area contributed by atoms with E-state index in [1.807, 2.05) is 38.1 Å². The number of hydrogen-bond donors (Lipinski definition) is 3. The van der Waals surface area contributed by atoms with E-state index in [-0.39, 0.29) is 18.6 Å². The summed E-state index contributed by atoms with van der Waals surface area (Å²) in [5, 5.41) is 0. The Balaban J connectivity index is 1.91. The average molecular weight is 458 g/mol. The van der Waals surface area contributed by atoms with Crippen LogP contribution in [0.2, 0.25) is 0 Å². The average Bonchev–Trinajstić information content (AvgIpc) is 3.06. The summed E-state index contributed by atoms with van der Waals surface area (Å²) in [4.78, 5) is 2.30. The first kappa shape index (κ1) is 20.0. The number of sulfonamides is 1. The molecule has 1 fully saturated rings. The standard InChI is InChI=1S/C18H24BrN3O2S2/c1-10-11(2)21-22-17(10)16-12(3)25-13(4)18(16)26(23,24)20-9-14-5-7-15(19)8-6-14/h5-8,10-11,17,20-22H,9H2,1-4H3. The Bertz CT molecular complexity index is 894. The van der Waals surface area contributed by atoms with E-state index in [4.69, 9.17) is 0 Å². The van der Waals surface area contributed by atoms with Gasteiger partial charge in [0, 0.05) is 32.4 Å². The van der Waals surface area contributed by atoms with E-state index in [0.29, 0.717) is 10.8 Å². The van der Waals surface area contributed by atoms with Crippen molar-refractivity contribution in [2.45, 2.75) is 51.2 Å². The molecule has 26 heavy (non-hydrogen) atoms. The number of thiophene rings is 1. The molecule has 2 aromatic rings. The molecule has 1 aromatic heterocycles. The number of hydrazine groups is 1. The van der Waals surface area contributed by atoms with Crippen molar-refractivity contribution in [3.63, 3.8) is 0 Å². The lowest BCUT2D eigenvalue weighted by Crippen LogP contribution is -2.30. The van der Waals surface area contributed by atoms with Gasteiger partial charge in [0.15, 0.2) is 0 Å². The number of aryl methyl sites for hydroxylation is 2. The molecule has 1 aliphatic rings. The zero-order valence-electron chi connectivity index (χ0n) is 15.3. The Morgan fingerprint density at radius 2 is 1.77 bits per heavy atom. The third-order valence-electron chi connectivity index (χ3n) is 4.99. The molecular formula is C18H24BrN3O2S2. The maximum Gasteiger partial charge on any atom is 0.242 e. The van der Waals surface area contributed by atoms with Gasteiger partial charge in [0.2, 0.25) is 10.0 Å². The fraction of sp³-hybridized carbons (Fsp3) is 0.444. The molecule has 5 nitrogen and oxygen atoms in total. The van der Waals surface area contributed by atoms with Crippen molar-refractivity contribution in [3.05, 3.63) is 49.6 Å². The van der Waals surface area contributed by atoms with Crippen LogP contribution in [0.5, 0.6) is 0 Å². The lowest BCUT2D eigenvalue weighted by atomic mass is 9.92. The van der Waals surface area contributed by atoms with Crippen molar-refractivity contribution in [2.24, 2.45) is 5.92 Å². The highest BCUT2D eigenvalue weighted by Crippen LogP contribution is 2.40. The van der Waals surface area contributed by atoms with Crippen LogP contribution in [-0.4, -0.2) is 14.5 Å². The quantitative estimate of drug-likeness (QED) is 0.638. The van der Waals surface area contributed by atoms with Crippen molar-refractivity contribution in [2.75, 3.05) is 0 Å². The van der Waals surface area contributed by atoms with Crippen LogP contribution in [0.15, 0.2) is 33.6 Å². The molecule has 3 atom stereocenters. The smallest absolute Gasteiger partial charge is 0.242 e. The SMILES string of the molecule is Cc1sc(C)c(S(=O)(=O)NCc2ccc(Br)cc2)c1C1NNC(C)C1C. The lowest BCUT2D eigenvalue weighted by molar-refractivity contribution is 0.468. The predicted molar refractivity (Wildman–Crippen MR) is 110 cm³/mol. The maximum atomic E-state index is 13.1. The second kappa shape index (κ2) is 7.69. The van der Waals surface area contributed by atoms with Gasteiger partial charge in [0.05, 0.1) is 6.04 Å². The number of rotatable bonds is 5. The zero-order chi connectivity index (χ0) is 19.1. The molecular weight excluding hydrogens is 434 g/mol. The third-order valence-corrected chi connectivity index (χ3v) is 8.27. The molecule has 3 rings (SSSR count). The molecule has 1 saturated heterocycles. The number of nitrogens with one attached hydrogen (secondary N) is 3. The summed E-state index contributed by atoms with van der Waals surface area (Å²) >= 11 is 4.94. The van der Waals surface area contributed by atoms with Gasteiger partial charge in [0.1, 0.15) is 4.90 Å². The second-order valence-corrected chi connectivity index (χ2v) is 10.9. The van der Waals surface area contributed by atoms with E-state index in [0.717, 1.165) is 25.4 Å². The summed E-state index contributed by atoms with van der Waals surface area (Å²) in [7, 11) is -3.61. The molecule has 3 unspecified atom stereocenters. The maximum absolute atomic E-state index is 13.1. The Morgan fingerprint density at radius 3 is 2.35 bits per heavy atom. The first-order chi connectivity index (χ1) is 12.2. The summed E-state index contributed by atoms with van der Waals surface area (Å²) in [6.07, 6.45) is 0. The summed E-state index contributed by atoms with van der Waals surface area (Å²) in [6.45, 7) is 8.39. The van der Waals surface area contributed by atoms with Gasteiger partial charge in [-0.3, -0.25) is 5.43 Å². The van der Waals surface area contributed by atoms with Crippen LogP contribution in [-0.2, 0) is 16.6 Å². The molecule has 0 spiro atoms. The zero-order valence-corrected chi connectivity index (χ0v) is 18.5. The fourth-order valence-corrected chi connectivity index (χ4v) is 6.57. The Hall–Kier alpha value is -0.770. The first-order valence-electron chi connectivity index (χ1n) is 8.55. The van der Waals surface area contributed by atoms with Crippen LogP contribution in [0.25, 0.3) is 0 Å². The minimum absolute atomic E-state index is 0.0193. The van der Waals surface area contributed by atoms with E-state index in [2.05, 4.69) is 45.4 Å². The largest absolute Gasteiger partial charge is 0.254 e. The van der Waals surface area contributed by atoms with Gasteiger partial charge in [-0.15, -0.1) is 11.3 Å². The van der Waals surface area contributed by atoms with Crippen LogP contribution in [0, 0.1) is 19.8 Å². The van der Waals surface area contributed by atoms with Gasteiger partial charge in [-0.1, -0.05) is 35.0 Å². The molecule has 142 valence electrons. The first-order valence-corrected chi connectivity index (χ1v) is 11.6. The van der Waals surface area contributed by atoms with Crippen molar-refractivity contribution in [1.82, 2.24) is 15.6 Å². The molecule has 2 heterocycles. The van der Waals surface area contributed by atoms with Crippen LogP contribution in [0.3, 0.4) is 0 Å². The summed E-state index contributed by atoms with van der Waals surface area (Å²) in [5.41, 5.74) is 8.32. The topological polar surface area (TPSA) is 70.2 Å². The molecule has 1 aliphatic heterocycles. The van der Waals surface area contributed by atoms with Crippen LogP contribution < -0.4 is 15.6 Å². The monoisotopic (exact) mass is 457 g/mol. The normalized spacial score (nSPS) is 23.5. The van der Waals surface area contributed by atoms with Gasteiger partial charge in [0.25, 0.3) is 0 Å². The highest BCUT2D eigenvalue weighted by atomic mass is 79.9. The molecule has 0 aliphatic carbocycles. The van der Waals surface area contributed by atoms with Crippen LogP contribution in [0.4, 0.5) is 0 Å². The van der Waals surface area contributed by atoms with Gasteiger partial charge in [-0.2, -0.15) is 0 Å². The molecule has 0 radical (unpaired) electrons. The number of hydrogen-bond acceptors (Lipinski definition) is 5. The third kappa shape index (κ3) is 3.90. The number of benzene rings is 1. The Labute approximate surface area is 167 Å². The molecule has 0 bridgehead atoms. The van der Waals surface area contributed by atoms with E-state index in [1.54, 1.807) is 11.3 Å². The van der Waals surface area contributed by atoms with Crippen molar-refractivity contribution in [1.29, 1.82) is 0 Å². The highest BCUT2D eigenvalue weighted by molar-refractivity contribution is 9.10. The van der Waals surface area contributed by atoms with Gasteiger partial charge in [-0.25, -0.2) is 18.6 Å². The molecule has 0 amide bonds. The molecule has 3 N–H and O–H groups in total. The summed E-state index contributed by atoms with van der Waals surface area (Å²) < 4.78 is 30.0. The van der Waals surface area contributed by atoms with Crippen molar-refractivity contribution >= 4 is 37.3 Å². The Kier molecular flexibility index (Phi) is 5.91. The van der Waals surface area contributed by atoms with E-state index < -0.39 is 10.0 Å². The molecule has 1 aromatic carbocycles. The van der Waals surface area contributed by atoms with Gasteiger partial charge < -0.3 is 0 Å². The number of halogens is 1. The predicted octanol–water partition coefficient (Wildman–Crippen LogP) is 3.78. The summed E-state index contributed by atoms with van der Waals surface area (Å²) in [6, 6.07) is 7.90. The highest BCUT2D eigenvalue weighted by Gasteiger charge is 2.37. The molecule has 0 saturated carbocycles. The van der Waals surface area contributed by atoms with Gasteiger partial charge in [-0.05, 0) is 44.4 Å². The second-order valence-electron chi connectivity index (χ2n) is 6.82. The molecule has 8 heteroatoms. The van der Waals surface area contributed by atoms with Crippen molar-refractivity contribution in [3.8, 4) is 0 Å². The van der Waals surface area contributed by atoms with Crippen molar-refractivity contribution < 1.29 is 8.42 Å². The minimum atomic E-state index is -3.61. The van der Waals surface area contributed by atoms with Crippen LogP contribution >= 0.6 is 27.3 Å². The summed E-state index contributed by atoms with van der Waals surface area (Å²) in [5.74, 6) is 0.295. The lowest BCUT2D eigenvalue weighted by Gasteiger charge is -2.19. The fourth-order valence-electron chi connectivity index (χ4n) is 3.34. The van der Waals surface area contributed by atoms with E-state index in [9.17, 15) is 8.42 Å². The van der Waals surface area contributed by atoms with Crippen LogP contribution in [0.1, 0.15) is 40.8 Å². The van der Waals surface area contributed by atoms with E-state index in [1.165, 1.54) is 0 Å². The van der Waals surface area contributed by atoms with E-state index >= 15 is 0 Å². The van der Waals surface area contributed by atoms with Gasteiger partial charge >= 0.3 is 0 Å².